The van der Waals surface area contributed by atoms with Gasteiger partial charge in [-0.3, -0.25) is 0 Å². The van der Waals surface area contributed by atoms with Gasteiger partial charge >= 0.3 is 0 Å². The van der Waals surface area contributed by atoms with Crippen LogP contribution in [0.25, 0.3) is 0 Å². The largest absolute Gasteiger partial charge is 0.351 e. The van der Waals surface area contributed by atoms with Gasteiger partial charge in [0.05, 0.1) is 17.4 Å². The summed E-state index contributed by atoms with van der Waals surface area (Å²) in [6.07, 6.45) is 8.28. The third kappa shape index (κ3) is 3.06. The maximum absolute atomic E-state index is 5.72. The molecule has 1 heterocycles. The number of hydrogen-bond donors (Lipinski definition) is 1. The zero-order valence-electron chi connectivity index (χ0n) is 8.91. The minimum Gasteiger partial charge on any atom is -0.351 e. The van der Waals surface area contributed by atoms with Crippen molar-refractivity contribution in [2.45, 2.75) is 38.6 Å². The maximum Gasteiger partial charge on any atom is 0.222 e. The Bertz CT molecular complexity index is 304. The molecule has 2 rings (SSSR count). The smallest absolute Gasteiger partial charge is 0.222 e. The Kier molecular flexibility index (Phi) is 3.41. The Hall–Kier alpha value is -0.830. The molecule has 1 aromatic rings. The molecule has 0 radical (unpaired) electrons. The van der Waals surface area contributed by atoms with Gasteiger partial charge in [-0.15, -0.1) is 0 Å². The van der Waals surface area contributed by atoms with E-state index in [-0.39, 0.29) is 0 Å². The molecule has 1 aliphatic carbocycles. The van der Waals surface area contributed by atoms with Crippen LogP contribution in [0.2, 0.25) is 5.02 Å². The molecular weight excluding hydrogens is 210 g/mol. The molecular formula is C11H16ClN3. The van der Waals surface area contributed by atoms with E-state index in [1.54, 1.807) is 12.4 Å². The lowest BCUT2D eigenvalue weighted by molar-refractivity contribution is 0.360. The number of anilines is 1. The van der Waals surface area contributed by atoms with Crippen molar-refractivity contribution in [3.8, 4) is 0 Å². The normalized spacial score (nSPS) is 26.3. The van der Waals surface area contributed by atoms with E-state index in [1.807, 2.05) is 0 Å². The van der Waals surface area contributed by atoms with E-state index in [9.17, 15) is 0 Å². The second-order valence-electron chi connectivity index (χ2n) is 4.33. The molecule has 1 fully saturated rings. The van der Waals surface area contributed by atoms with Crippen molar-refractivity contribution in [1.29, 1.82) is 0 Å². The SMILES string of the molecule is CC1CCC(Nc2ncc(Cl)cn2)CC1. The van der Waals surface area contributed by atoms with Gasteiger partial charge in [0.15, 0.2) is 0 Å². The highest BCUT2D eigenvalue weighted by Gasteiger charge is 2.18. The van der Waals surface area contributed by atoms with E-state index in [0.29, 0.717) is 17.0 Å². The van der Waals surface area contributed by atoms with Crippen LogP contribution in [0.3, 0.4) is 0 Å². The fourth-order valence-electron chi connectivity index (χ4n) is 1.97. The van der Waals surface area contributed by atoms with Gasteiger partial charge in [-0.05, 0) is 31.6 Å². The van der Waals surface area contributed by atoms with Crippen molar-refractivity contribution in [1.82, 2.24) is 9.97 Å². The van der Waals surface area contributed by atoms with E-state index in [4.69, 9.17) is 11.6 Å². The average Bonchev–Trinajstić information content (AvgIpc) is 2.25. The van der Waals surface area contributed by atoms with Crippen molar-refractivity contribution in [2.24, 2.45) is 5.92 Å². The van der Waals surface area contributed by atoms with E-state index < -0.39 is 0 Å². The van der Waals surface area contributed by atoms with Crippen molar-refractivity contribution >= 4 is 17.5 Å². The van der Waals surface area contributed by atoms with E-state index in [2.05, 4.69) is 22.2 Å². The van der Waals surface area contributed by atoms with Crippen LogP contribution in [0.1, 0.15) is 32.6 Å². The van der Waals surface area contributed by atoms with Gasteiger partial charge in [-0.1, -0.05) is 18.5 Å². The number of hydrogen-bond acceptors (Lipinski definition) is 3. The lowest BCUT2D eigenvalue weighted by atomic mass is 9.87. The molecule has 1 aromatic heterocycles. The van der Waals surface area contributed by atoms with Gasteiger partial charge in [0.1, 0.15) is 0 Å². The van der Waals surface area contributed by atoms with Gasteiger partial charge in [0.25, 0.3) is 0 Å². The fourth-order valence-corrected chi connectivity index (χ4v) is 2.07. The minimum absolute atomic E-state index is 0.530. The van der Waals surface area contributed by atoms with Gasteiger partial charge < -0.3 is 5.32 Å². The van der Waals surface area contributed by atoms with Crippen molar-refractivity contribution in [2.75, 3.05) is 5.32 Å². The topological polar surface area (TPSA) is 37.8 Å². The van der Waals surface area contributed by atoms with Crippen LogP contribution in [0.5, 0.6) is 0 Å². The maximum atomic E-state index is 5.72. The van der Waals surface area contributed by atoms with Gasteiger partial charge in [0.2, 0.25) is 5.95 Å². The van der Waals surface area contributed by atoms with Crippen LogP contribution in [0, 0.1) is 5.92 Å². The van der Waals surface area contributed by atoms with Crippen LogP contribution < -0.4 is 5.32 Å². The molecule has 82 valence electrons. The molecule has 0 atom stereocenters. The lowest BCUT2D eigenvalue weighted by Crippen LogP contribution is -2.26. The second-order valence-corrected chi connectivity index (χ2v) is 4.76. The molecule has 1 saturated carbocycles. The fraction of sp³-hybridized carbons (Fsp3) is 0.636. The van der Waals surface area contributed by atoms with Gasteiger partial charge in [-0.25, -0.2) is 9.97 Å². The molecule has 0 saturated heterocycles. The molecule has 0 unspecified atom stereocenters. The third-order valence-electron chi connectivity index (χ3n) is 2.97. The van der Waals surface area contributed by atoms with E-state index in [1.165, 1.54) is 25.7 Å². The van der Waals surface area contributed by atoms with Crippen LogP contribution in [0.4, 0.5) is 5.95 Å². The molecule has 15 heavy (non-hydrogen) atoms. The van der Waals surface area contributed by atoms with E-state index in [0.717, 1.165) is 5.92 Å². The second kappa shape index (κ2) is 4.79. The van der Waals surface area contributed by atoms with Crippen LogP contribution in [0.15, 0.2) is 12.4 Å². The van der Waals surface area contributed by atoms with E-state index >= 15 is 0 Å². The highest BCUT2D eigenvalue weighted by atomic mass is 35.5. The summed E-state index contributed by atoms with van der Waals surface area (Å²) < 4.78 is 0. The summed E-state index contributed by atoms with van der Waals surface area (Å²) in [6.45, 7) is 2.31. The average molecular weight is 226 g/mol. The number of nitrogens with zero attached hydrogens (tertiary/aromatic N) is 2. The van der Waals surface area contributed by atoms with Crippen molar-refractivity contribution in [3.05, 3.63) is 17.4 Å². The molecule has 0 aromatic carbocycles. The summed E-state index contributed by atoms with van der Waals surface area (Å²) in [5.41, 5.74) is 0. The summed E-state index contributed by atoms with van der Waals surface area (Å²) >= 11 is 5.72. The minimum atomic E-state index is 0.530. The first-order valence-corrected chi connectivity index (χ1v) is 5.86. The molecule has 1 N–H and O–H groups in total. The highest BCUT2D eigenvalue weighted by molar-refractivity contribution is 6.30. The van der Waals surface area contributed by atoms with Gasteiger partial charge in [0, 0.05) is 6.04 Å². The molecule has 1 aliphatic rings. The summed E-state index contributed by atoms with van der Waals surface area (Å²) in [7, 11) is 0. The number of rotatable bonds is 2. The zero-order valence-corrected chi connectivity index (χ0v) is 9.67. The van der Waals surface area contributed by atoms with Crippen molar-refractivity contribution < 1.29 is 0 Å². The molecule has 0 amide bonds. The highest BCUT2D eigenvalue weighted by Crippen LogP contribution is 2.25. The molecule has 0 bridgehead atoms. The van der Waals surface area contributed by atoms with Crippen LogP contribution >= 0.6 is 11.6 Å². The molecule has 3 nitrogen and oxygen atoms in total. The Labute approximate surface area is 95.3 Å². The summed E-state index contributed by atoms with van der Waals surface area (Å²) in [4.78, 5) is 8.27. The summed E-state index contributed by atoms with van der Waals surface area (Å²) in [5.74, 6) is 1.56. The number of nitrogens with one attached hydrogen (secondary N) is 1. The predicted octanol–water partition coefficient (Wildman–Crippen LogP) is 3.12. The van der Waals surface area contributed by atoms with Crippen LogP contribution in [-0.4, -0.2) is 16.0 Å². The molecule has 4 heteroatoms. The molecule has 0 spiro atoms. The Morgan fingerprint density at radius 2 is 1.80 bits per heavy atom. The van der Waals surface area contributed by atoms with Crippen LogP contribution in [-0.2, 0) is 0 Å². The number of aromatic nitrogens is 2. The molecule has 0 aliphatic heterocycles. The third-order valence-corrected chi connectivity index (χ3v) is 3.16. The first-order valence-electron chi connectivity index (χ1n) is 5.48. The zero-order chi connectivity index (χ0) is 10.7. The Morgan fingerprint density at radius 1 is 1.20 bits per heavy atom. The first kappa shape index (κ1) is 10.7. The Balaban J connectivity index is 1.89. The predicted molar refractivity (Wildman–Crippen MR) is 62.1 cm³/mol. The lowest BCUT2D eigenvalue weighted by Gasteiger charge is -2.26. The Morgan fingerprint density at radius 3 is 2.40 bits per heavy atom. The first-order chi connectivity index (χ1) is 7.24. The monoisotopic (exact) mass is 225 g/mol. The quantitative estimate of drug-likeness (QED) is 0.841. The summed E-state index contributed by atoms with van der Waals surface area (Å²) in [5, 5.41) is 3.93. The summed E-state index contributed by atoms with van der Waals surface area (Å²) in [6, 6.07) is 0.530. The standard InChI is InChI=1S/C11H16ClN3/c1-8-2-4-10(5-3-8)15-11-13-6-9(12)7-14-11/h6-8,10H,2-5H2,1H3,(H,13,14,15). The van der Waals surface area contributed by atoms with Gasteiger partial charge in [-0.2, -0.15) is 0 Å². The number of halogens is 1. The van der Waals surface area contributed by atoms with Crippen molar-refractivity contribution in [3.63, 3.8) is 0 Å².